The van der Waals surface area contributed by atoms with Crippen molar-refractivity contribution in [3.8, 4) is 0 Å². The van der Waals surface area contributed by atoms with Gasteiger partial charge in [0.1, 0.15) is 6.04 Å². The highest BCUT2D eigenvalue weighted by molar-refractivity contribution is 9.10. The van der Waals surface area contributed by atoms with E-state index in [1.54, 1.807) is 18.2 Å². The van der Waals surface area contributed by atoms with Gasteiger partial charge >= 0.3 is 0 Å². The first-order chi connectivity index (χ1) is 8.54. The van der Waals surface area contributed by atoms with Crippen LogP contribution in [0.2, 0.25) is 5.02 Å². The molecule has 2 amide bonds. The van der Waals surface area contributed by atoms with E-state index in [1.165, 1.54) is 4.90 Å². The van der Waals surface area contributed by atoms with Gasteiger partial charge in [-0.05, 0) is 40.5 Å². The SMILES string of the molecule is CCC1C(=O)NCC(=O)N1c1cc(Cl)ccc1Br. The quantitative estimate of drug-likeness (QED) is 0.904. The molecule has 1 aromatic rings. The smallest absolute Gasteiger partial charge is 0.247 e. The Balaban J connectivity index is 2.47. The number of halogens is 2. The van der Waals surface area contributed by atoms with Crippen LogP contribution >= 0.6 is 27.5 Å². The van der Waals surface area contributed by atoms with Crippen molar-refractivity contribution in [2.24, 2.45) is 0 Å². The molecule has 1 saturated heterocycles. The number of carbonyl (C=O) groups is 2. The lowest BCUT2D eigenvalue weighted by Gasteiger charge is -2.35. The first-order valence-electron chi connectivity index (χ1n) is 5.59. The number of nitrogens with zero attached hydrogens (tertiary/aromatic N) is 1. The first-order valence-corrected chi connectivity index (χ1v) is 6.76. The molecule has 1 N–H and O–H groups in total. The molecule has 0 spiro atoms. The van der Waals surface area contributed by atoms with Crippen LogP contribution in [0.25, 0.3) is 0 Å². The van der Waals surface area contributed by atoms with Crippen molar-refractivity contribution in [2.75, 3.05) is 11.4 Å². The molecule has 1 unspecified atom stereocenters. The largest absolute Gasteiger partial charge is 0.345 e. The molecule has 1 aliphatic rings. The molecule has 1 aromatic carbocycles. The lowest BCUT2D eigenvalue weighted by molar-refractivity contribution is -0.131. The van der Waals surface area contributed by atoms with Crippen LogP contribution in [0.3, 0.4) is 0 Å². The fourth-order valence-corrected chi connectivity index (χ4v) is 2.60. The van der Waals surface area contributed by atoms with Gasteiger partial charge in [0.25, 0.3) is 0 Å². The van der Waals surface area contributed by atoms with Crippen LogP contribution in [0.4, 0.5) is 5.69 Å². The fourth-order valence-electron chi connectivity index (χ4n) is 2.00. The Morgan fingerprint density at radius 2 is 2.22 bits per heavy atom. The summed E-state index contributed by atoms with van der Waals surface area (Å²) in [5.74, 6) is -0.270. The molecule has 1 fully saturated rings. The van der Waals surface area contributed by atoms with Crippen molar-refractivity contribution in [2.45, 2.75) is 19.4 Å². The van der Waals surface area contributed by atoms with Crippen LogP contribution in [0.1, 0.15) is 13.3 Å². The Kier molecular flexibility index (Phi) is 3.92. The van der Waals surface area contributed by atoms with E-state index < -0.39 is 6.04 Å². The summed E-state index contributed by atoms with van der Waals surface area (Å²) < 4.78 is 0.744. The predicted octanol–water partition coefficient (Wildman–Crippen LogP) is 2.34. The Labute approximate surface area is 118 Å². The van der Waals surface area contributed by atoms with Crippen LogP contribution in [-0.2, 0) is 9.59 Å². The van der Waals surface area contributed by atoms with Gasteiger partial charge < -0.3 is 5.32 Å². The molecular formula is C12H12BrClN2O2. The number of rotatable bonds is 2. The topological polar surface area (TPSA) is 49.4 Å². The van der Waals surface area contributed by atoms with Crippen molar-refractivity contribution in [1.82, 2.24) is 5.32 Å². The third kappa shape index (κ3) is 2.37. The van der Waals surface area contributed by atoms with Gasteiger partial charge in [-0.3, -0.25) is 14.5 Å². The van der Waals surface area contributed by atoms with Gasteiger partial charge in [-0.1, -0.05) is 18.5 Å². The van der Waals surface area contributed by atoms with Gasteiger partial charge in [-0.15, -0.1) is 0 Å². The van der Waals surface area contributed by atoms with E-state index >= 15 is 0 Å². The van der Waals surface area contributed by atoms with E-state index in [0.717, 1.165) is 4.47 Å². The molecule has 0 aromatic heterocycles. The number of anilines is 1. The molecule has 0 radical (unpaired) electrons. The number of carbonyl (C=O) groups excluding carboxylic acids is 2. The summed E-state index contributed by atoms with van der Waals surface area (Å²) in [6.45, 7) is 1.89. The molecule has 0 saturated carbocycles. The maximum Gasteiger partial charge on any atom is 0.247 e. The van der Waals surface area contributed by atoms with Gasteiger partial charge in [-0.2, -0.15) is 0 Å². The summed E-state index contributed by atoms with van der Waals surface area (Å²) in [6.07, 6.45) is 0.552. The van der Waals surface area contributed by atoms with Crippen molar-refractivity contribution in [3.05, 3.63) is 27.7 Å². The lowest BCUT2D eigenvalue weighted by atomic mass is 10.1. The monoisotopic (exact) mass is 330 g/mol. The van der Waals surface area contributed by atoms with Gasteiger partial charge in [-0.25, -0.2) is 0 Å². The van der Waals surface area contributed by atoms with Crippen LogP contribution < -0.4 is 10.2 Å². The maximum atomic E-state index is 12.0. The average molecular weight is 332 g/mol. The standard InChI is InChI=1S/C12H12BrClN2O2/c1-2-9-12(18)15-6-11(17)16(9)10-5-7(14)3-4-8(10)13/h3-5,9H,2,6H2,1H3,(H,15,18). The number of nitrogens with one attached hydrogen (secondary N) is 1. The lowest BCUT2D eigenvalue weighted by Crippen LogP contribution is -2.58. The molecule has 1 heterocycles. The van der Waals surface area contributed by atoms with Crippen molar-refractivity contribution >= 4 is 45.0 Å². The van der Waals surface area contributed by atoms with Crippen LogP contribution in [0, 0.1) is 0 Å². The van der Waals surface area contributed by atoms with E-state index in [-0.39, 0.29) is 18.4 Å². The Hall–Kier alpha value is -1.07. The summed E-state index contributed by atoms with van der Waals surface area (Å²) in [4.78, 5) is 25.3. The molecule has 0 aliphatic carbocycles. The first kappa shape index (κ1) is 13.4. The minimum atomic E-state index is -0.485. The summed E-state index contributed by atoms with van der Waals surface area (Å²) in [7, 11) is 0. The number of benzene rings is 1. The third-order valence-corrected chi connectivity index (χ3v) is 3.76. The second-order valence-electron chi connectivity index (χ2n) is 4.00. The molecule has 1 atom stereocenters. The number of hydrogen-bond donors (Lipinski definition) is 1. The zero-order valence-corrected chi connectivity index (χ0v) is 12.1. The summed E-state index contributed by atoms with van der Waals surface area (Å²) >= 11 is 9.34. The Bertz CT molecular complexity index is 507. The summed E-state index contributed by atoms with van der Waals surface area (Å²) in [5.41, 5.74) is 0.634. The minimum absolute atomic E-state index is 0.0221. The van der Waals surface area contributed by atoms with Gasteiger partial charge in [0.05, 0.1) is 12.2 Å². The molecule has 18 heavy (non-hydrogen) atoms. The molecule has 6 heteroatoms. The van der Waals surface area contributed by atoms with Crippen LogP contribution in [0.15, 0.2) is 22.7 Å². The number of amides is 2. The van der Waals surface area contributed by atoms with Crippen molar-refractivity contribution < 1.29 is 9.59 Å². The third-order valence-electron chi connectivity index (χ3n) is 2.85. The average Bonchev–Trinajstić information content (AvgIpc) is 2.35. The van der Waals surface area contributed by atoms with Crippen molar-refractivity contribution in [3.63, 3.8) is 0 Å². The Morgan fingerprint density at radius 3 is 2.89 bits per heavy atom. The number of piperazine rings is 1. The second-order valence-corrected chi connectivity index (χ2v) is 5.29. The highest BCUT2D eigenvalue weighted by Crippen LogP contribution is 2.32. The summed E-state index contributed by atoms with van der Waals surface area (Å²) in [6, 6.07) is 4.69. The fraction of sp³-hybridized carbons (Fsp3) is 0.333. The molecule has 96 valence electrons. The molecule has 1 aliphatic heterocycles. The normalized spacial score (nSPS) is 19.9. The van der Waals surface area contributed by atoms with Gasteiger partial charge in [0, 0.05) is 9.50 Å². The zero-order valence-electron chi connectivity index (χ0n) is 9.74. The predicted molar refractivity (Wildman–Crippen MR) is 73.7 cm³/mol. The second kappa shape index (κ2) is 5.28. The Morgan fingerprint density at radius 1 is 1.50 bits per heavy atom. The summed E-state index contributed by atoms with van der Waals surface area (Å²) in [5, 5.41) is 3.12. The molecule has 2 rings (SSSR count). The van der Waals surface area contributed by atoms with E-state index in [1.807, 2.05) is 6.92 Å². The van der Waals surface area contributed by atoms with Crippen LogP contribution in [-0.4, -0.2) is 24.4 Å². The van der Waals surface area contributed by atoms with Gasteiger partial charge in [0.15, 0.2) is 0 Å². The van der Waals surface area contributed by atoms with Crippen molar-refractivity contribution in [1.29, 1.82) is 0 Å². The highest BCUT2D eigenvalue weighted by atomic mass is 79.9. The zero-order chi connectivity index (χ0) is 13.3. The van der Waals surface area contributed by atoms with E-state index in [0.29, 0.717) is 17.1 Å². The molecule has 0 bridgehead atoms. The van der Waals surface area contributed by atoms with Crippen LogP contribution in [0.5, 0.6) is 0 Å². The van der Waals surface area contributed by atoms with E-state index in [9.17, 15) is 9.59 Å². The molecular weight excluding hydrogens is 320 g/mol. The molecule has 4 nitrogen and oxygen atoms in total. The van der Waals surface area contributed by atoms with Gasteiger partial charge in [0.2, 0.25) is 11.8 Å². The highest BCUT2D eigenvalue weighted by Gasteiger charge is 2.35. The van der Waals surface area contributed by atoms with E-state index in [4.69, 9.17) is 11.6 Å². The number of hydrogen-bond acceptors (Lipinski definition) is 2. The van der Waals surface area contributed by atoms with E-state index in [2.05, 4.69) is 21.2 Å². The minimum Gasteiger partial charge on any atom is -0.345 e. The maximum absolute atomic E-state index is 12.0.